The lowest BCUT2D eigenvalue weighted by molar-refractivity contribution is -0.157. The minimum atomic E-state index is -3.34. The van der Waals surface area contributed by atoms with Crippen LogP contribution in [0.3, 0.4) is 0 Å². The molecule has 0 aromatic carbocycles. The van der Waals surface area contributed by atoms with Crippen LogP contribution in [0.25, 0.3) is 0 Å². The molecule has 134 valence electrons. The highest BCUT2D eigenvalue weighted by molar-refractivity contribution is 7.86. The van der Waals surface area contributed by atoms with Gasteiger partial charge in [0.25, 0.3) is 10.2 Å². The molecule has 3 heterocycles. The van der Waals surface area contributed by atoms with Gasteiger partial charge >= 0.3 is 0 Å². The summed E-state index contributed by atoms with van der Waals surface area (Å²) in [5.41, 5.74) is -0.321. The Balaban J connectivity index is 1.47. The third-order valence-corrected chi connectivity index (χ3v) is 6.46. The first-order valence-corrected chi connectivity index (χ1v) is 9.51. The molecule has 0 saturated carbocycles. The zero-order valence-electron chi connectivity index (χ0n) is 14.1. The van der Waals surface area contributed by atoms with Crippen LogP contribution < -0.4 is 4.74 Å². The lowest BCUT2D eigenvalue weighted by atomic mass is 9.80. The standard InChI is InChI=1S/C15H24N4O4S/c1-18(2)24(20,21)19-11-15(12-19)9-13(4-8-23-15)3-7-22-14-10-16-5-6-17-14/h5-6,10,13H,3-4,7-9,11-12H2,1-2H3. The van der Waals surface area contributed by atoms with Gasteiger partial charge in [-0.2, -0.15) is 17.0 Å². The normalized spacial score (nSPS) is 24.0. The van der Waals surface area contributed by atoms with Crippen molar-refractivity contribution >= 4 is 10.2 Å². The van der Waals surface area contributed by atoms with Crippen LogP contribution in [-0.2, 0) is 14.9 Å². The molecule has 0 N–H and O–H groups in total. The van der Waals surface area contributed by atoms with E-state index in [1.807, 2.05) is 0 Å². The van der Waals surface area contributed by atoms with Crippen LogP contribution >= 0.6 is 0 Å². The third-order valence-electron chi connectivity index (χ3n) is 4.63. The molecule has 24 heavy (non-hydrogen) atoms. The van der Waals surface area contributed by atoms with Crippen LogP contribution in [0.1, 0.15) is 19.3 Å². The fourth-order valence-corrected chi connectivity index (χ4v) is 4.54. The van der Waals surface area contributed by atoms with E-state index in [4.69, 9.17) is 9.47 Å². The first-order valence-electron chi connectivity index (χ1n) is 8.12. The fourth-order valence-electron chi connectivity index (χ4n) is 3.28. The molecule has 0 radical (unpaired) electrons. The topological polar surface area (TPSA) is 84.9 Å². The molecule has 2 fully saturated rings. The van der Waals surface area contributed by atoms with Crippen molar-refractivity contribution in [1.82, 2.24) is 18.6 Å². The van der Waals surface area contributed by atoms with Crippen LogP contribution in [0.4, 0.5) is 0 Å². The van der Waals surface area contributed by atoms with Crippen LogP contribution in [0.5, 0.6) is 5.88 Å². The third kappa shape index (κ3) is 3.69. The zero-order chi connectivity index (χ0) is 17.2. The van der Waals surface area contributed by atoms with Crippen molar-refractivity contribution in [1.29, 1.82) is 0 Å². The molecule has 1 spiro atoms. The smallest absolute Gasteiger partial charge is 0.281 e. The maximum atomic E-state index is 12.1. The predicted octanol–water partition coefficient (Wildman–Crippen LogP) is 0.533. The molecule has 0 bridgehead atoms. The molecule has 3 rings (SSSR count). The average molecular weight is 356 g/mol. The number of rotatable bonds is 6. The first kappa shape index (κ1) is 17.5. The van der Waals surface area contributed by atoms with E-state index >= 15 is 0 Å². The largest absolute Gasteiger partial charge is 0.477 e. The molecule has 0 aliphatic carbocycles. The van der Waals surface area contributed by atoms with Gasteiger partial charge in [0.05, 0.1) is 18.4 Å². The summed E-state index contributed by atoms with van der Waals surface area (Å²) >= 11 is 0. The van der Waals surface area contributed by atoms with Gasteiger partial charge < -0.3 is 9.47 Å². The molecule has 1 atom stereocenters. The van der Waals surface area contributed by atoms with Crippen LogP contribution in [0.2, 0.25) is 0 Å². The number of ether oxygens (including phenoxy) is 2. The van der Waals surface area contributed by atoms with Gasteiger partial charge in [-0.25, -0.2) is 4.98 Å². The molecule has 2 aliphatic heterocycles. The fraction of sp³-hybridized carbons (Fsp3) is 0.733. The summed E-state index contributed by atoms with van der Waals surface area (Å²) in [6.07, 6.45) is 7.57. The molecule has 2 saturated heterocycles. The second-order valence-electron chi connectivity index (χ2n) is 6.63. The van der Waals surface area contributed by atoms with Gasteiger partial charge in [-0.1, -0.05) is 0 Å². The summed E-state index contributed by atoms with van der Waals surface area (Å²) in [4.78, 5) is 8.05. The molecule has 1 aromatic rings. The SMILES string of the molecule is CN(C)S(=O)(=O)N1CC2(CC(CCOc3cnccn3)CCO2)C1. The molecule has 8 nitrogen and oxygen atoms in total. The van der Waals surface area contributed by atoms with Crippen molar-refractivity contribution < 1.29 is 17.9 Å². The van der Waals surface area contributed by atoms with Crippen LogP contribution in [0, 0.1) is 5.92 Å². The van der Waals surface area contributed by atoms with Crippen molar-refractivity contribution in [2.24, 2.45) is 5.92 Å². The number of aromatic nitrogens is 2. The quantitative estimate of drug-likeness (QED) is 0.739. The molecule has 0 amide bonds. The Labute approximate surface area is 143 Å². The van der Waals surface area contributed by atoms with E-state index in [0.717, 1.165) is 19.3 Å². The van der Waals surface area contributed by atoms with Crippen LogP contribution in [-0.4, -0.2) is 73.0 Å². The predicted molar refractivity (Wildman–Crippen MR) is 87.7 cm³/mol. The summed E-state index contributed by atoms with van der Waals surface area (Å²) in [7, 11) is -0.239. The zero-order valence-corrected chi connectivity index (χ0v) is 14.9. The highest BCUT2D eigenvalue weighted by Crippen LogP contribution is 2.39. The van der Waals surface area contributed by atoms with Crippen LogP contribution in [0.15, 0.2) is 18.6 Å². The summed E-state index contributed by atoms with van der Waals surface area (Å²) < 4.78 is 38.5. The van der Waals surface area contributed by atoms with E-state index in [1.54, 1.807) is 32.7 Å². The maximum Gasteiger partial charge on any atom is 0.281 e. The van der Waals surface area contributed by atoms with Crippen molar-refractivity contribution in [3.8, 4) is 5.88 Å². The Morgan fingerprint density at radius 2 is 2.21 bits per heavy atom. The van der Waals surface area contributed by atoms with Gasteiger partial charge in [-0.3, -0.25) is 4.98 Å². The van der Waals surface area contributed by atoms with E-state index in [2.05, 4.69) is 9.97 Å². The van der Waals surface area contributed by atoms with Crippen molar-refractivity contribution in [3.05, 3.63) is 18.6 Å². The molecular formula is C15H24N4O4S. The highest BCUT2D eigenvalue weighted by atomic mass is 32.2. The van der Waals surface area contributed by atoms with Crippen molar-refractivity contribution in [2.75, 3.05) is 40.4 Å². The lowest BCUT2D eigenvalue weighted by Gasteiger charge is -2.52. The van der Waals surface area contributed by atoms with Gasteiger partial charge in [0.1, 0.15) is 0 Å². The minimum Gasteiger partial charge on any atom is -0.477 e. The Morgan fingerprint density at radius 3 is 2.88 bits per heavy atom. The Morgan fingerprint density at radius 1 is 1.42 bits per heavy atom. The molecule has 9 heteroatoms. The van der Waals surface area contributed by atoms with E-state index in [-0.39, 0.29) is 5.60 Å². The van der Waals surface area contributed by atoms with E-state index in [9.17, 15) is 8.42 Å². The molecule has 1 unspecified atom stereocenters. The molecule has 1 aromatic heterocycles. The average Bonchev–Trinajstić information content (AvgIpc) is 2.53. The van der Waals surface area contributed by atoms with Gasteiger partial charge in [0.15, 0.2) is 0 Å². The molecule has 2 aliphatic rings. The number of hydrogen-bond acceptors (Lipinski definition) is 6. The van der Waals surface area contributed by atoms with Gasteiger partial charge in [-0.05, 0) is 25.2 Å². The Kier molecular flexibility index (Phi) is 5.05. The van der Waals surface area contributed by atoms with Gasteiger partial charge in [0, 0.05) is 46.2 Å². The number of hydrogen-bond donors (Lipinski definition) is 0. The van der Waals surface area contributed by atoms with Crippen molar-refractivity contribution in [3.63, 3.8) is 0 Å². The van der Waals surface area contributed by atoms with Crippen molar-refractivity contribution in [2.45, 2.75) is 24.9 Å². The van der Waals surface area contributed by atoms with E-state index in [0.29, 0.717) is 38.1 Å². The molecular weight excluding hydrogens is 332 g/mol. The summed E-state index contributed by atoms with van der Waals surface area (Å²) in [5, 5.41) is 0. The second-order valence-corrected chi connectivity index (χ2v) is 8.77. The summed E-state index contributed by atoms with van der Waals surface area (Å²) in [6.45, 7) is 2.13. The first-order chi connectivity index (χ1) is 11.4. The van der Waals surface area contributed by atoms with Gasteiger partial charge in [-0.15, -0.1) is 0 Å². The summed E-state index contributed by atoms with van der Waals surface area (Å²) in [6, 6.07) is 0. The van der Waals surface area contributed by atoms with E-state index < -0.39 is 10.2 Å². The minimum absolute atomic E-state index is 0.321. The Bertz CT molecular complexity index is 647. The lowest BCUT2D eigenvalue weighted by Crippen LogP contribution is -2.67. The van der Waals surface area contributed by atoms with Gasteiger partial charge in [0.2, 0.25) is 5.88 Å². The number of nitrogens with zero attached hydrogens (tertiary/aromatic N) is 4. The monoisotopic (exact) mass is 356 g/mol. The highest BCUT2D eigenvalue weighted by Gasteiger charge is 2.51. The second kappa shape index (κ2) is 6.91. The summed E-state index contributed by atoms with van der Waals surface area (Å²) in [5.74, 6) is 1.01. The van der Waals surface area contributed by atoms with E-state index in [1.165, 1.54) is 8.61 Å². The Hall–Kier alpha value is -1.29. The maximum absolute atomic E-state index is 12.1.